The quantitative estimate of drug-likeness (QED) is 0.844. The lowest BCUT2D eigenvalue weighted by atomic mass is 9.92. The van der Waals surface area contributed by atoms with Gasteiger partial charge < -0.3 is 19.9 Å². The molecule has 102 valence electrons. The maximum Gasteiger partial charge on any atom is 0.166 e. The lowest BCUT2D eigenvalue weighted by molar-refractivity contribution is 0.179. The second-order valence-corrected chi connectivity index (χ2v) is 5.04. The van der Waals surface area contributed by atoms with Crippen molar-refractivity contribution in [2.24, 2.45) is 5.73 Å². The summed E-state index contributed by atoms with van der Waals surface area (Å²) in [5.41, 5.74) is 7.93. The number of benzene rings is 1. The van der Waals surface area contributed by atoms with Gasteiger partial charge in [0.25, 0.3) is 0 Å². The van der Waals surface area contributed by atoms with E-state index >= 15 is 0 Å². The number of rotatable bonds is 6. The molecule has 4 heteroatoms. The summed E-state index contributed by atoms with van der Waals surface area (Å²) < 4.78 is 16.0. The van der Waals surface area contributed by atoms with Gasteiger partial charge in [-0.15, -0.1) is 0 Å². The highest BCUT2D eigenvalue weighted by molar-refractivity contribution is 5.51. The van der Waals surface area contributed by atoms with E-state index in [0.29, 0.717) is 12.4 Å². The van der Waals surface area contributed by atoms with E-state index in [1.165, 1.54) is 0 Å². The van der Waals surface area contributed by atoms with Crippen LogP contribution >= 0.6 is 0 Å². The Hall–Kier alpha value is -1.26. The Labute approximate surface area is 109 Å². The predicted octanol–water partition coefficient (Wildman–Crippen LogP) is 2.13. The van der Waals surface area contributed by atoms with Crippen LogP contribution < -0.4 is 15.2 Å². The molecule has 0 unspecified atom stereocenters. The van der Waals surface area contributed by atoms with E-state index in [1.54, 1.807) is 21.3 Å². The van der Waals surface area contributed by atoms with Crippen LogP contribution in [0.5, 0.6) is 11.5 Å². The molecular formula is C14H23NO3. The van der Waals surface area contributed by atoms with Crippen LogP contribution in [0.15, 0.2) is 12.1 Å². The van der Waals surface area contributed by atoms with Crippen LogP contribution in [0.3, 0.4) is 0 Å². The fourth-order valence-corrected chi connectivity index (χ4v) is 1.99. The smallest absolute Gasteiger partial charge is 0.166 e. The van der Waals surface area contributed by atoms with Crippen molar-refractivity contribution in [1.82, 2.24) is 0 Å². The Balaban J connectivity index is 3.25. The molecule has 0 amide bonds. The van der Waals surface area contributed by atoms with Crippen LogP contribution in [0.25, 0.3) is 0 Å². The molecule has 0 bridgehead atoms. The van der Waals surface area contributed by atoms with Gasteiger partial charge in [-0.05, 0) is 31.9 Å². The van der Waals surface area contributed by atoms with Gasteiger partial charge in [0.05, 0.1) is 20.8 Å². The summed E-state index contributed by atoms with van der Waals surface area (Å²) >= 11 is 0. The Morgan fingerprint density at radius 2 is 1.78 bits per heavy atom. The van der Waals surface area contributed by atoms with Crippen LogP contribution in [-0.2, 0) is 17.8 Å². The molecule has 1 rings (SSSR count). The number of hydrogen-bond donors (Lipinski definition) is 1. The average molecular weight is 253 g/mol. The third-order valence-electron chi connectivity index (χ3n) is 2.68. The molecule has 0 fully saturated rings. The lowest BCUT2D eigenvalue weighted by Gasteiger charge is -2.22. The number of hydrogen-bond acceptors (Lipinski definition) is 4. The molecule has 0 saturated heterocycles. The standard InChI is InChI=1S/C14H23NO3/c1-14(2,15)8-10-6-7-12(17-4)13(18-5)11(10)9-16-3/h6-7H,8-9,15H2,1-5H3. The first-order valence-corrected chi connectivity index (χ1v) is 5.93. The Kier molecular flexibility index (Phi) is 4.99. The number of nitrogens with two attached hydrogens (primary N) is 1. The van der Waals surface area contributed by atoms with Crippen molar-refractivity contribution in [1.29, 1.82) is 0 Å². The highest BCUT2D eigenvalue weighted by atomic mass is 16.5. The minimum atomic E-state index is -0.276. The molecule has 0 aliphatic carbocycles. The number of ether oxygens (including phenoxy) is 3. The van der Waals surface area contributed by atoms with Crippen molar-refractivity contribution in [3.05, 3.63) is 23.3 Å². The summed E-state index contributed by atoms with van der Waals surface area (Å²) in [6.07, 6.45) is 0.756. The van der Waals surface area contributed by atoms with Crippen molar-refractivity contribution in [2.75, 3.05) is 21.3 Å². The van der Waals surface area contributed by atoms with Gasteiger partial charge >= 0.3 is 0 Å². The first-order chi connectivity index (χ1) is 8.42. The van der Waals surface area contributed by atoms with Gasteiger partial charge in [0.2, 0.25) is 0 Å². The summed E-state index contributed by atoms with van der Waals surface area (Å²) in [5.74, 6) is 1.43. The van der Waals surface area contributed by atoms with E-state index in [1.807, 2.05) is 26.0 Å². The van der Waals surface area contributed by atoms with Crippen molar-refractivity contribution in [3.8, 4) is 11.5 Å². The van der Waals surface area contributed by atoms with Gasteiger partial charge in [-0.1, -0.05) is 6.07 Å². The zero-order valence-electron chi connectivity index (χ0n) is 11.9. The van der Waals surface area contributed by atoms with Gasteiger partial charge in [0, 0.05) is 18.2 Å². The maximum atomic E-state index is 6.08. The summed E-state index contributed by atoms with van der Waals surface area (Å²) in [6, 6.07) is 3.92. The molecule has 0 aromatic heterocycles. The van der Waals surface area contributed by atoms with Crippen molar-refractivity contribution in [2.45, 2.75) is 32.4 Å². The number of methoxy groups -OCH3 is 3. The SMILES string of the molecule is COCc1c(CC(C)(C)N)ccc(OC)c1OC. The minimum absolute atomic E-state index is 0.276. The van der Waals surface area contributed by atoms with Gasteiger partial charge in [0.15, 0.2) is 11.5 Å². The molecule has 4 nitrogen and oxygen atoms in total. The maximum absolute atomic E-state index is 6.08. The zero-order chi connectivity index (χ0) is 13.8. The molecule has 0 aliphatic rings. The van der Waals surface area contributed by atoms with Crippen molar-refractivity contribution >= 4 is 0 Å². The van der Waals surface area contributed by atoms with Gasteiger partial charge in [-0.3, -0.25) is 0 Å². The monoisotopic (exact) mass is 253 g/mol. The van der Waals surface area contributed by atoms with Crippen LogP contribution in [0, 0.1) is 0 Å². The van der Waals surface area contributed by atoms with E-state index in [4.69, 9.17) is 19.9 Å². The molecule has 2 N–H and O–H groups in total. The first-order valence-electron chi connectivity index (χ1n) is 5.93. The topological polar surface area (TPSA) is 53.7 Å². The van der Waals surface area contributed by atoms with Gasteiger partial charge in [0.1, 0.15) is 0 Å². The fourth-order valence-electron chi connectivity index (χ4n) is 1.99. The zero-order valence-corrected chi connectivity index (χ0v) is 11.9. The van der Waals surface area contributed by atoms with Crippen molar-refractivity contribution in [3.63, 3.8) is 0 Å². The molecular weight excluding hydrogens is 230 g/mol. The normalized spacial score (nSPS) is 11.4. The molecule has 1 aromatic rings. The van der Waals surface area contributed by atoms with Crippen LogP contribution in [-0.4, -0.2) is 26.9 Å². The summed E-state index contributed by atoms with van der Waals surface area (Å²) in [5, 5.41) is 0. The lowest BCUT2D eigenvalue weighted by Crippen LogP contribution is -2.34. The molecule has 0 radical (unpaired) electrons. The van der Waals surface area contributed by atoms with Crippen LogP contribution in [0.2, 0.25) is 0 Å². The minimum Gasteiger partial charge on any atom is -0.493 e. The molecule has 1 aromatic carbocycles. The largest absolute Gasteiger partial charge is 0.493 e. The Morgan fingerprint density at radius 1 is 1.11 bits per heavy atom. The second-order valence-electron chi connectivity index (χ2n) is 5.04. The second kappa shape index (κ2) is 6.07. The van der Waals surface area contributed by atoms with Crippen molar-refractivity contribution < 1.29 is 14.2 Å². The van der Waals surface area contributed by atoms with E-state index < -0.39 is 0 Å². The molecule has 0 heterocycles. The van der Waals surface area contributed by atoms with Gasteiger partial charge in [-0.2, -0.15) is 0 Å². The van der Waals surface area contributed by atoms with E-state index in [0.717, 1.165) is 23.3 Å². The predicted molar refractivity (Wildman–Crippen MR) is 72.2 cm³/mol. The molecule has 0 atom stereocenters. The third-order valence-corrected chi connectivity index (χ3v) is 2.68. The highest BCUT2D eigenvalue weighted by Crippen LogP contribution is 2.35. The highest BCUT2D eigenvalue weighted by Gasteiger charge is 2.19. The van der Waals surface area contributed by atoms with E-state index in [2.05, 4.69) is 0 Å². The summed E-state index contributed by atoms with van der Waals surface area (Å²) in [6.45, 7) is 4.48. The summed E-state index contributed by atoms with van der Waals surface area (Å²) in [7, 11) is 4.92. The molecule has 0 spiro atoms. The average Bonchev–Trinajstić information content (AvgIpc) is 2.29. The first kappa shape index (κ1) is 14.8. The third kappa shape index (κ3) is 3.62. The molecule has 0 saturated carbocycles. The Morgan fingerprint density at radius 3 is 2.22 bits per heavy atom. The molecule has 18 heavy (non-hydrogen) atoms. The summed E-state index contributed by atoms with van der Waals surface area (Å²) in [4.78, 5) is 0. The molecule has 0 aliphatic heterocycles. The van der Waals surface area contributed by atoms with Crippen LogP contribution in [0.1, 0.15) is 25.0 Å². The Bertz CT molecular complexity index is 397. The van der Waals surface area contributed by atoms with Gasteiger partial charge in [-0.25, -0.2) is 0 Å². The van der Waals surface area contributed by atoms with E-state index in [9.17, 15) is 0 Å². The fraction of sp³-hybridized carbons (Fsp3) is 0.571. The van der Waals surface area contributed by atoms with E-state index in [-0.39, 0.29) is 5.54 Å². The van der Waals surface area contributed by atoms with Crippen LogP contribution in [0.4, 0.5) is 0 Å².